The third-order valence-corrected chi connectivity index (χ3v) is 4.62. The molecule has 27 heavy (non-hydrogen) atoms. The number of rotatable bonds is 6. The molecule has 0 amide bonds. The number of hydrogen-bond donors (Lipinski definition) is 2. The number of nitrogens with one attached hydrogen (secondary N) is 1. The van der Waals surface area contributed by atoms with E-state index in [2.05, 4.69) is 5.32 Å². The zero-order chi connectivity index (χ0) is 19.4. The van der Waals surface area contributed by atoms with Crippen molar-refractivity contribution < 1.29 is 13.5 Å². The summed E-state index contributed by atoms with van der Waals surface area (Å²) in [4.78, 5) is 0. The van der Waals surface area contributed by atoms with Gasteiger partial charge in [0.2, 0.25) is 0 Å². The molecule has 0 fully saturated rings. The Morgan fingerprint density at radius 2 is 1.56 bits per heavy atom. The van der Waals surface area contributed by atoms with E-state index in [1.165, 1.54) is 6.07 Å². The number of hydrogen-bond acceptors (Lipinski definition) is 3. The van der Waals surface area contributed by atoms with Gasteiger partial charge in [0.15, 0.2) is 11.6 Å². The summed E-state index contributed by atoms with van der Waals surface area (Å²) in [5.74, 6) is -0.960. The normalized spacial score (nSPS) is 13.2. The van der Waals surface area contributed by atoms with Crippen LogP contribution in [0.5, 0.6) is 5.75 Å². The van der Waals surface area contributed by atoms with Crippen molar-refractivity contribution in [3.8, 4) is 5.75 Å². The Kier molecular flexibility index (Phi) is 5.72. The van der Waals surface area contributed by atoms with Gasteiger partial charge in [-0.15, -0.1) is 0 Å². The molecule has 3 rings (SSSR count). The lowest BCUT2D eigenvalue weighted by atomic mass is 9.95. The first kappa shape index (κ1) is 18.9. The topological polar surface area (TPSA) is 47.3 Å². The van der Waals surface area contributed by atoms with Crippen LogP contribution >= 0.6 is 0 Å². The fourth-order valence-electron chi connectivity index (χ4n) is 3.06. The number of methoxy groups -OCH3 is 1. The first-order chi connectivity index (χ1) is 13.0. The van der Waals surface area contributed by atoms with Gasteiger partial charge in [0.25, 0.3) is 0 Å². The summed E-state index contributed by atoms with van der Waals surface area (Å²) in [6, 6.07) is 18.8. The van der Waals surface area contributed by atoms with E-state index in [-0.39, 0.29) is 12.1 Å². The Hall–Kier alpha value is -2.92. The minimum absolute atomic E-state index is 0.222. The monoisotopic (exact) mass is 368 g/mol. The van der Waals surface area contributed by atoms with Crippen LogP contribution < -0.4 is 15.8 Å². The molecule has 0 radical (unpaired) electrons. The van der Waals surface area contributed by atoms with E-state index in [0.29, 0.717) is 11.3 Å². The minimum atomic E-state index is -0.860. The summed E-state index contributed by atoms with van der Waals surface area (Å²) in [6.45, 7) is 1.91. The highest BCUT2D eigenvalue weighted by Gasteiger charge is 2.20. The molecule has 0 saturated heterocycles. The molecule has 3 nitrogen and oxygen atoms in total. The smallest absolute Gasteiger partial charge is 0.159 e. The first-order valence-corrected chi connectivity index (χ1v) is 8.69. The van der Waals surface area contributed by atoms with Crippen molar-refractivity contribution in [3.05, 3.63) is 95.1 Å². The number of nitrogens with two attached hydrogens (primary N) is 1. The maximum atomic E-state index is 13.6. The van der Waals surface area contributed by atoms with Crippen LogP contribution in [-0.2, 0) is 0 Å². The fraction of sp³-hybridized carbons (Fsp3) is 0.182. The molecule has 3 aromatic carbocycles. The molecule has 0 aliphatic heterocycles. The van der Waals surface area contributed by atoms with Crippen LogP contribution in [0.1, 0.15) is 35.7 Å². The number of para-hydroxylation sites is 1. The quantitative estimate of drug-likeness (QED) is 0.602. The van der Waals surface area contributed by atoms with Gasteiger partial charge in [0, 0.05) is 11.7 Å². The minimum Gasteiger partial charge on any atom is -0.497 e. The summed E-state index contributed by atoms with van der Waals surface area (Å²) < 4.78 is 32.1. The van der Waals surface area contributed by atoms with Gasteiger partial charge in [0.05, 0.1) is 13.2 Å². The van der Waals surface area contributed by atoms with Crippen LogP contribution in [0.3, 0.4) is 0 Å². The molecule has 0 saturated carbocycles. The van der Waals surface area contributed by atoms with E-state index in [1.807, 2.05) is 55.5 Å². The number of halogens is 2. The average molecular weight is 368 g/mol. The maximum Gasteiger partial charge on any atom is 0.159 e. The molecule has 2 atom stereocenters. The van der Waals surface area contributed by atoms with Crippen molar-refractivity contribution in [2.45, 2.75) is 19.0 Å². The Balaban J connectivity index is 1.96. The Labute approximate surface area is 157 Å². The summed E-state index contributed by atoms with van der Waals surface area (Å²) >= 11 is 0. The lowest BCUT2D eigenvalue weighted by Gasteiger charge is -2.26. The van der Waals surface area contributed by atoms with Gasteiger partial charge >= 0.3 is 0 Å². The van der Waals surface area contributed by atoms with E-state index >= 15 is 0 Å². The van der Waals surface area contributed by atoms with E-state index in [9.17, 15) is 8.78 Å². The van der Waals surface area contributed by atoms with Crippen LogP contribution in [0.15, 0.2) is 66.7 Å². The van der Waals surface area contributed by atoms with Crippen LogP contribution in [0.25, 0.3) is 0 Å². The van der Waals surface area contributed by atoms with Gasteiger partial charge in [-0.3, -0.25) is 5.32 Å². The lowest BCUT2D eigenvalue weighted by molar-refractivity contribution is 0.414. The lowest BCUT2D eigenvalue weighted by Crippen LogP contribution is -2.26. The fourth-order valence-corrected chi connectivity index (χ4v) is 3.06. The highest BCUT2D eigenvalue weighted by molar-refractivity contribution is 5.51. The molecule has 0 aliphatic rings. The summed E-state index contributed by atoms with van der Waals surface area (Å²) in [5.41, 5.74) is 9.41. The number of benzene rings is 3. The largest absolute Gasteiger partial charge is 0.497 e. The van der Waals surface area contributed by atoms with Gasteiger partial charge in [-0.25, -0.2) is 8.78 Å². The third kappa shape index (κ3) is 4.26. The van der Waals surface area contributed by atoms with Crippen molar-refractivity contribution in [3.63, 3.8) is 0 Å². The van der Waals surface area contributed by atoms with Crippen molar-refractivity contribution in [2.75, 3.05) is 12.8 Å². The second-order valence-electron chi connectivity index (χ2n) is 6.40. The maximum absolute atomic E-state index is 13.6. The number of nitrogen functional groups attached to an aromatic ring is 1. The molecule has 0 heterocycles. The highest BCUT2D eigenvalue weighted by Crippen LogP contribution is 2.30. The van der Waals surface area contributed by atoms with Crippen molar-refractivity contribution >= 4 is 5.69 Å². The second-order valence-corrected chi connectivity index (χ2v) is 6.40. The van der Waals surface area contributed by atoms with Gasteiger partial charge in [-0.2, -0.15) is 0 Å². The second kappa shape index (κ2) is 8.18. The third-order valence-electron chi connectivity index (χ3n) is 4.62. The van der Waals surface area contributed by atoms with Gasteiger partial charge in [-0.05, 0) is 53.9 Å². The van der Waals surface area contributed by atoms with E-state index in [0.717, 1.165) is 22.9 Å². The Morgan fingerprint density at radius 3 is 2.19 bits per heavy atom. The number of anilines is 1. The van der Waals surface area contributed by atoms with Crippen LogP contribution in [0.4, 0.5) is 14.5 Å². The van der Waals surface area contributed by atoms with Crippen LogP contribution in [-0.4, -0.2) is 7.11 Å². The van der Waals surface area contributed by atoms with Crippen molar-refractivity contribution in [2.24, 2.45) is 0 Å². The summed E-state index contributed by atoms with van der Waals surface area (Å²) in [6.07, 6.45) is 0. The molecule has 2 unspecified atom stereocenters. The SMILES string of the molecule is COc1ccc(C(NC(C)c2ccc(F)c(F)c2)c2ccccc2N)cc1. The van der Waals surface area contributed by atoms with E-state index in [1.54, 1.807) is 13.2 Å². The molecule has 5 heteroatoms. The van der Waals surface area contributed by atoms with Gasteiger partial charge in [-0.1, -0.05) is 36.4 Å². The zero-order valence-corrected chi connectivity index (χ0v) is 15.2. The first-order valence-electron chi connectivity index (χ1n) is 8.69. The summed E-state index contributed by atoms with van der Waals surface area (Å²) in [5, 5.41) is 3.48. The molecule has 0 bridgehead atoms. The molecule has 0 spiro atoms. The Morgan fingerprint density at radius 1 is 0.889 bits per heavy atom. The molecule has 3 aromatic rings. The summed E-state index contributed by atoms with van der Waals surface area (Å²) in [7, 11) is 1.62. The average Bonchev–Trinajstić information content (AvgIpc) is 2.69. The molecule has 0 aliphatic carbocycles. The predicted molar refractivity (Wildman–Crippen MR) is 104 cm³/mol. The van der Waals surface area contributed by atoms with Gasteiger partial charge < -0.3 is 10.5 Å². The highest BCUT2D eigenvalue weighted by atomic mass is 19.2. The predicted octanol–water partition coefficient (Wildman–Crippen LogP) is 5.00. The van der Waals surface area contributed by atoms with E-state index < -0.39 is 11.6 Å². The molecular formula is C22H22F2N2O. The standard InChI is InChI=1S/C22H22F2N2O/c1-14(16-9-12-19(23)20(24)13-16)26-22(18-5-3-4-6-21(18)25)15-7-10-17(27-2)11-8-15/h3-14,22,26H,25H2,1-2H3. The zero-order valence-electron chi connectivity index (χ0n) is 15.2. The molecule has 140 valence electrons. The number of ether oxygens (including phenoxy) is 1. The molecule has 0 aromatic heterocycles. The molecular weight excluding hydrogens is 346 g/mol. The van der Waals surface area contributed by atoms with Crippen molar-refractivity contribution in [1.82, 2.24) is 5.32 Å². The van der Waals surface area contributed by atoms with Gasteiger partial charge in [0.1, 0.15) is 5.75 Å². The Bertz CT molecular complexity index is 912. The van der Waals surface area contributed by atoms with Crippen LogP contribution in [0.2, 0.25) is 0 Å². The molecule has 3 N–H and O–H groups in total. The van der Waals surface area contributed by atoms with Crippen LogP contribution in [0, 0.1) is 11.6 Å². The van der Waals surface area contributed by atoms with E-state index in [4.69, 9.17) is 10.5 Å². The van der Waals surface area contributed by atoms with Crippen molar-refractivity contribution in [1.29, 1.82) is 0 Å².